The first-order chi connectivity index (χ1) is 8.18. The second-order valence-corrected chi connectivity index (χ2v) is 4.81. The SMILES string of the molecule is CCCCCCCCCCCC[C@@H](O)C(=O)[O-]. The van der Waals surface area contributed by atoms with Crippen LogP contribution < -0.4 is 5.11 Å². The fourth-order valence-corrected chi connectivity index (χ4v) is 1.94. The summed E-state index contributed by atoms with van der Waals surface area (Å²) in [5.41, 5.74) is 0. The minimum Gasteiger partial charge on any atom is -0.547 e. The molecule has 3 nitrogen and oxygen atoms in total. The molecule has 0 unspecified atom stereocenters. The Morgan fingerprint density at radius 1 is 0.941 bits per heavy atom. The Morgan fingerprint density at radius 3 is 1.76 bits per heavy atom. The molecular weight excluding hydrogens is 216 g/mol. The summed E-state index contributed by atoms with van der Waals surface area (Å²) in [4.78, 5) is 10.2. The number of carbonyl (C=O) groups excluding carboxylic acids is 1. The third-order valence-electron chi connectivity index (χ3n) is 3.10. The molecule has 0 aliphatic carbocycles. The Hall–Kier alpha value is -0.570. The van der Waals surface area contributed by atoms with E-state index in [1.165, 1.54) is 44.9 Å². The Bertz CT molecular complexity index is 180. The van der Waals surface area contributed by atoms with Crippen LogP contribution in [0.1, 0.15) is 77.6 Å². The first-order valence-corrected chi connectivity index (χ1v) is 7.07. The van der Waals surface area contributed by atoms with Crippen LogP contribution in [0.5, 0.6) is 0 Å². The molecule has 0 aliphatic heterocycles. The summed E-state index contributed by atoms with van der Waals surface area (Å²) in [5.74, 6) is -1.35. The third-order valence-corrected chi connectivity index (χ3v) is 3.10. The van der Waals surface area contributed by atoms with Crippen molar-refractivity contribution in [2.45, 2.75) is 83.7 Å². The van der Waals surface area contributed by atoms with Crippen LogP contribution in [0, 0.1) is 0 Å². The number of carboxylic acids is 1. The predicted molar refractivity (Wildman–Crippen MR) is 67.5 cm³/mol. The van der Waals surface area contributed by atoms with Gasteiger partial charge in [0, 0.05) is 0 Å². The van der Waals surface area contributed by atoms with Crippen molar-refractivity contribution in [2.24, 2.45) is 0 Å². The van der Waals surface area contributed by atoms with Crippen molar-refractivity contribution < 1.29 is 15.0 Å². The second-order valence-electron chi connectivity index (χ2n) is 4.81. The molecule has 0 spiro atoms. The highest BCUT2D eigenvalue weighted by molar-refractivity contribution is 5.69. The molecule has 0 rings (SSSR count). The lowest BCUT2D eigenvalue weighted by atomic mass is 10.0. The Labute approximate surface area is 105 Å². The number of hydrogen-bond acceptors (Lipinski definition) is 3. The number of rotatable bonds is 12. The molecule has 3 heteroatoms. The zero-order valence-electron chi connectivity index (χ0n) is 11.1. The molecule has 0 radical (unpaired) electrons. The maximum atomic E-state index is 10.2. The largest absolute Gasteiger partial charge is 0.547 e. The summed E-state index contributed by atoms with van der Waals surface area (Å²) in [7, 11) is 0. The van der Waals surface area contributed by atoms with Crippen LogP contribution in [-0.2, 0) is 4.79 Å². The third kappa shape index (κ3) is 11.7. The van der Waals surface area contributed by atoms with Crippen LogP contribution >= 0.6 is 0 Å². The molecule has 102 valence electrons. The lowest BCUT2D eigenvalue weighted by molar-refractivity contribution is -0.315. The van der Waals surface area contributed by atoms with Crippen molar-refractivity contribution in [3.05, 3.63) is 0 Å². The predicted octanol–water partition coefficient (Wildman–Crippen LogP) is 2.41. The molecule has 1 atom stereocenters. The quantitative estimate of drug-likeness (QED) is 0.535. The topological polar surface area (TPSA) is 60.4 Å². The van der Waals surface area contributed by atoms with E-state index in [0.29, 0.717) is 6.42 Å². The molecule has 0 aromatic carbocycles. The summed E-state index contributed by atoms with van der Waals surface area (Å²) < 4.78 is 0. The number of hydrogen-bond donors (Lipinski definition) is 1. The normalized spacial score (nSPS) is 12.6. The summed E-state index contributed by atoms with van der Waals surface area (Å²) in [6, 6.07) is 0. The molecule has 0 aliphatic rings. The summed E-state index contributed by atoms with van der Waals surface area (Å²) >= 11 is 0. The standard InChI is InChI=1S/C14H28O3/c1-2-3-4-5-6-7-8-9-10-11-12-13(15)14(16)17/h13,15H,2-12H2,1H3,(H,16,17)/p-1/t13-/m1/s1. The van der Waals surface area contributed by atoms with Crippen molar-refractivity contribution >= 4 is 5.97 Å². The summed E-state index contributed by atoms with van der Waals surface area (Å²) in [6.07, 6.45) is 11.2. The van der Waals surface area contributed by atoms with Gasteiger partial charge in [-0.25, -0.2) is 0 Å². The lowest BCUT2D eigenvalue weighted by Gasteiger charge is -2.10. The highest BCUT2D eigenvalue weighted by atomic mass is 16.4. The van der Waals surface area contributed by atoms with Gasteiger partial charge in [0.05, 0.1) is 12.1 Å². The highest BCUT2D eigenvalue weighted by Crippen LogP contribution is 2.11. The number of unbranched alkanes of at least 4 members (excludes halogenated alkanes) is 9. The van der Waals surface area contributed by atoms with Gasteiger partial charge in [-0.1, -0.05) is 71.1 Å². The van der Waals surface area contributed by atoms with Crippen molar-refractivity contribution in [1.82, 2.24) is 0 Å². The monoisotopic (exact) mass is 243 g/mol. The Balaban J connectivity index is 3.06. The summed E-state index contributed by atoms with van der Waals surface area (Å²) in [5, 5.41) is 19.2. The molecule has 0 saturated carbocycles. The maximum Gasteiger partial charge on any atom is 0.0933 e. The van der Waals surface area contributed by atoms with E-state index in [1.54, 1.807) is 0 Å². The first-order valence-electron chi connectivity index (χ1n) is 7.07. The second kappa shape index (κ2) is 11.9. The van der Waals surface area contributed by atoms with Gasteiger partial charge < -0.3 is 15.0 Å². The minimum atomic E-state index is -1.35. The van der Waals surface area contributed by atoms with Gasteiger partial charge in [-0.3, -0.25) is 0 Å². The molecular formula is C14H27O3-. The smallest absolute Gasteiger partial charge is 0.0933 e. The van der Waals surface area contributed by atoms with E-state index in [4.69, 9.17) is 5.11 Å². The fourth-order valence-electron chi connectivity index (χ4n) is 1.94. The fraction of sp³-hybridized carbons (Fsp3) is 0.929. The Morgan fingerprint density at radius 2 is 1.35 bits per heavy atom. The van der Waals surface area contributed by atoms with Crippen LogP contribution in [0.4, 0.5) is 0 Å². The van der Waals surface area contributed by atoms with Gasteiger partial charge in [0.25, 0.3) is 0 Å². The Kier molecular flexibility index (Phi) is 11.5. The molecule has 0 amide bonds. The molecule has 0 fully saturated rings. The number of aliphatic carboxylic acids is 1. The van der Waals surface area contributed by atoms with Crippen LogP contribution in [0.25, 0.3) is 0 Å². The maximum absolute atomic E-state index is 10.2. The van der Waals surface area contributed by atoms with Crippen molar-refractivity contribution in [2.75, 3.05) is 0 Å². The van der Waals surface area contributed by atoms with Crippen molar-refractivity contribution in [3.8, 4) is 0 Å². The lowest BCUT2D eigenvalue weighted by Crippen LogP contribution is -2.35. The van der Waals surface area contributed by atoms with Gasteiger partial charge in [0.1, 0.15) is 0 Å². The average Bonchev–Trinajstić information content (AvgIpc) is 2.31. The number of carboxylic acid groups (broad SMARTS) is 1. The van der Waals surface area contributed by atoms with Gasteiger partial charge in [0.15, 0.2) is 0 Å². The van der Waals surface area contributed by atoms with E-state index in [1.807, 2.05) is 0 Å². The van der Waals surface area contributed by atoms with Gasteiger partial charge in [-0.15, -0.1) is 0 Å². The number of aliphatic hydroxyl groups excluding tert-OH is 1. The van der Waals surface area contributed by atoms with E-state index < -0.39 is 12.1 Å². The molecule has 0 aromatic heterocycles. The zero-order valence-corrected chi connectivity index (χ0v) is 11.1. The van der Waals surface area contributed by atoms with Crippen molar-refractivity contribution in [3.63, 3.8) is 0 Å². The van der Waals surface area contributed by atoms with Crippen LogP contribution in [-0.4, -0.2) is 17.2 Å². The van der Waals surface area contributed by atoms with E-state index in [-0.39, 0.29) is 0 Å². The molecule has 0 saturated heterocycles. The molecule has 17 heavy (non-hydrogen) atoms. The molecule has 0 heterocycles. The number of aliphatic hydroxyl groups is 1. The average molecular weight is 243 g/mol. The van der Waals surface area contributed by atoms with E-state index in [9.17, 15) is 9.90 Å². The van der Waals surface area contributed by atoms with Gasteiger partial charge in [-0.2, -0.15) is 0 Å². The molecule has 0 aromatic rings. The molecule has 0 bridgehead atoms. The summed E-state index contributed by atoms with van der Waals surface area (Å²) in [6.45, 7) is 2.22. The highest BCUT2D eigenvalue weighted by Gasteiger charge is 2.03. The van der Waals surface area contributed by atoms with Crippen LogP contribution in [0.3, 0.4) is 0 Å². The van der Waals surface area contributed by atoms with E-state index in [0.717, 1.165) is 19.3 Å². The van der Waals surface area contributed by atoms with Crippen LogP contribution in [0.2, 0.25) is 0 Å². The minimum absolute atomic E-state index is 0.332. The first kappa shape index (κ1) is 16.4. The van der Waals surface area contributed by atoms with Gasteiger partial charge >= 0.3 is 0 Å². The van der Waals surface area contributed by atoms with E-state index >= 15 is 0 Å². The van der Waals surface area contributed by atoms with Gasteiger partial charge in [-0.05, 0) is 6.42 Å². The van der Waals surface area contributed by atoms with E-state index in [2.05, 4.69) is 6.92 Å². The van der Waals surface area contributed by atoms with Crippen LogP contribution in [0.15, 0.2) is 0 Å². The number of carbonyl (C=O) groups is 1. The zero-order chi connectivity index (χ0) is 12.9. The van der Waals surface area contributed by atoms with Gasteiger partial charge in [0.2, 0.25) is 0 Å². The molecule has 1 N–H and O–H groups in total. The van der Waals surface area contributed by atoms with Crippen molar-refractivity contribution in [1.29, 1.82) is 0 Å².